The van der Waals surface area contributed by atoms with Crippen LogP contribution in [0, 0.1) is 0 Å². The van der Waals surface area contributed by atoms with Crippen LogP contribution in [-0.2, 0) is 0 Å². The first kappa shape index (κ1) is 8.78. The van der Waals surface area contributed by atoms with Gasteiger partial charge in [-0.15, -0.1) is 0 Å². The molecule has 76 valence electrons. The third-order valence-electron chi connectivity index (χ3n) is 3.28. The topological polar surface area (TPSA) is 12.0 Å². The molecule has 0 amide bonds. The largest absolute Gasteiger partial charge is 0.381 e. The van der Waals surface area contributed by atoms with E-state index in [1.165, 1.54) is 28.8 Å². The van der Waals surface area contributed by atoms with Crippen LogP contribution in [0.5, 0.6) is 0 Å². The van der Waals surface area contributed by atoms with Gasteiger partial charge in [-0.1, -0.05) is 36.4 Å². The fourth-order valence-corrected chi connectivity index (χ4v) is 2.53. The second-order valence-electron chi connectivity index (χ2n) is 4.29. The van der Waals surface area contributed by atoms with E-state index in [9.17, 15) is 0 Å². The van der Waals surface area contributed by atoms with Crippen LogP contribution in [0.1, 0.15) is 36.9 Å². The Balaban J connectivity index is 2.21. The Hall–Kier alpha value is -1.50. The van der Waals surface area contributed by atoms with E-state index in [4.69, 9.17) is 0 Å². The summed E-state index contributed by atoms with van der Waals surface area (Å²) in [5.74, 6) is 0. The van der Waals surface area contributed by atoms with Crippen LogP contribution in [0.3, 0.4) is 0 Å². The number of allylic oxidation sites excluding steroid dienone is 4. The first-order valence-corrected chi connectivity index (χ1v) is 5.62. The van der Waals surface area contributed by atoms with Crippen LogP contribution in [0.15, 0.2) is 42.1 Å². The summed E-state index contributed by atoms with van der Waals surface area (Å²) in [5, 5.41) is 3.60. The van der Waals surface area contributed by atoms with Gasteiger partial charge < -0.3 is 5.32 Å². The third kappa shape index (κ3) is 1.30. The smallest absolute Gasteiger partial charge is 0.0489 e. The molecule has 1 aliphatic heterocycles. The van der Waals surface area contributed by atoms with Gasteiger partial charge in [-0.3, -0.25) is 0 Å². The van der Waals surface area contributed by atoms with Gasteiger partial charge in [0.2, 0.25) is 0 Å². The number of hydrogen-bond donors (Lipinski definition) is 1. The zero-order chi connectivity index (χ0) is 10.3. The lowest BCUT2D eigenvalue weighted by atomic mass is 9.87. The van der Waals surface area contributed by atoms with Gasteiger partial charge in [0.25, 0.3) is 0 Å². The minimum absolute atomic E-state index is 0.450. The quantitative estimate of drug-likeness (QED) is 0.672. The van der Waals surface area contributed by atoms with Gasteiger partial charge in [0, 0.05) is 17.3 Å². The molecule has 15 heavy (non-hydrogen) atoms. The van der Waals surface area contributed by atoms with E-state index in [2.05, 4.69) is 48.7 Å². The van der Waals surface area contributed by atoms with Crippen LogP contribution in [-0.4, -0.2) is 0 Å². The molecule has 0 radical (unpaired) electrons. The first-order chi connectivity index (χ1) is 7.36. The zero-order valence-corrected chi connectivity index (χ0v) is 8.96. The molecule has 1 atom stereocenters. The molecule has 1 heteroatoms. The van der Waals surface area contributed by atoms with Crippen molar-refractivity contribution >= 4 is 5.57 Å². The molecule has 1 aliphatic carbocycles. The number of hydrogen-bond acceptors (Lipinski definition) is 1. The van der Waals surface area contributed by atoms with Crippen molar-refractivity contribution in [2.75, 3.05) is 0 Å². The van der Waals surface area contributed by atoms with Crippen molar-refractivity contribution in [3.05, 3.63) is 53.2 Å². The highest BCUT2D eigenvalue weighted by Gasteiger charge is 2.22. The predicted molar refractivity (Wildman–Crippen MR) is 63.3 cm³/mol. The molecule has 0 bridgehead atoms. The summed E-state index contributed by atoms with van der Waals surface area (Å²) in [7, 11) is 0. The molecule has 2 aliphatic rings. The Labute approximate surface area is 90.5 Å². The van der Waals surface area contributed by atoms with E-state index in [1.54, 1.807) is 0 Å². The summed E-state index contributed by atoms with van der Waals surface area (Å²) >= 11 is 0. The Kier molecular flexibility index (Phi) is 1.91. The van der Waals surface area contributed by atoms with Gasteiger partial charge in [0.15, 0.2) is 0 Å². The molecule has 1 N–H and O–H groups in total. The minimum Gasteiger partial charge on any atom is -0.381 e. The first-order valence-electron chi connectivity index (χ1n) is 5.62. The van der Waals surface area contributed by atoms with Gasteiger partial charge in [-0.25, -0.2) is 0 Å². The lowest BCUT2D eigenvalue weighted by molar-refractivity contribution is 0.616. The summed E-state index contributed by atoms with van der Waals surface area (Å²) in [6.45, 7) is 2.24. The molecule has 0 spiro atoms. The maximum Gasteiger partial charge on any atom is 0.0489 e. The normalized spacial score (nSPS) is 23.1. The number of rotatable bonds is 0. The van der Waals surface area contributed by atoms with Gasteiger partial charge in [-0.05, 0) is 30.9 Å². The van der Waals surface area contributed by atoms with Crippen LogP contribution < -0.4 is 5.32 Å². The van der Waals surface area contributed by atoms with E-state index in [0.717, 1.165) is 6.42 Å². The van der Waals surface area contributed by atoms with Crippen molar-refractivity contribution in [2.45, 2.75) is 25.8 Å². The monoisotopic (exact) mass is 197 g/mol. The van der Waals surface area contributed by atoms with Gasteiger partial charge in [0.1, 0.15) is 0 Å². The lowest BCUT2D eigenvalue weighted by Crippen LogP contribution is -2.25. The van der Waals surface area contributed by atoms with Gasteiger partial charge >= 0.3 is 0 Å². The molecule has 1 unspecified atom stereocenters. The van der Waals surface area contributed by atoms with Crippen LogP contribution >= 0.6 is 0 Å². The summed E-state index contributed by atoms with van der Waals surface area (Å²) < 4.78 is 0. The van der Waals surface area contributed by atoms with Gasteiger partial charge in [0.05, 0.1) is 0 Å². The zero-order valence-electron chi connectivity index (χ0n) is 8.96. The second kappa shape index (κ2) is 3.27. The van der Waals surface area contributed by atoms with Crippen molar-refractivity contribution in [3.63, 3.8) is 0 Å². The Bertz CT molecular complexity index is 454. The van der Waals surface area contributed by atoms with Crippen LogP contribution in [0.2, 0.25) is 0 Å². The van der Waals surface area contributed by atoms with E-state index in [1.807, 2.05) is 0 Å². The van der Waals surface area contributed by atoms with Crippen molar-refractivity contribution in [1.82, 2.24) is 5.32 Å². The van der Waals surface area contributed by atoms with Crippen molar-refractivity contribution in [2.24, 2.45) is 0 Å². The number of nitrogens with one attached hydrogen (secondary N) is 1. The average Bonchev–Trinajstić information content (AvgIpc) is 2.30. The molecular weight excluding hydrogens is 182 g/mol. The fraction of sp³-hybridized carbons (Fsp3) is 0.286. The average molecular weight is 197 g/mol. The summed E-state index contributed by atoms with van der Waals surface area (Å²) in [6, 6.07) is 9.15. The van der Waals surface area contributed by atoms with E-state index in [0.29, 0.717) is 6.04 Å². The maximum atomic E-state index is 3.60. The van der Waals surface area contributed by atoms with E-state index >= 15 is 0 Å². The molecule has 0 fully saturated rings. The molecule has 3 rings (SSSR count). The highest BCUT2D eigenvalue weighted by Crippen LogP contribution is 2.36. The van der Waals surface area contributed by atoms with E-state index in [-0.39, 0.29) is 0 Å². The second-order valence-corrected chi connectivity index (χ2v) is 4.29. The highest BCUT2D eigenvalue weighted by atomic mass is 14.9. The predicted octanol–water partition coefficient (Wildman–Crippen LogP) is 3.41. The molecular formula is C14H15N. The maximum absolute atomic E-state index is 3.60. The standard InChI is InChI=1S/C14H15N/c1-10-11-6-2-3-7-12(11)13-8-4-5-9-14(13)15-10/h2-4,6-8,10,15H,5,9H2,1H3. The van der Waals surface area contributed by atoms with Crippen molar-refractivity contribution in [1.29, 1.82) is 0 Å². The Morgan fingerprint density at radius 3 is 3.07 bits per heavy atom. The fourth-order valence-electron chi connectivity index (χ4n) is 2.53. The Morgan fingerprint density at radius 1 is 1.27 bits per heavy atom. The van der Waals surface area contributed by atoms with Crippen LogP contribution in [0.25, 0.3) is 5.57 Å². The molecule has 0 saturated carbocycles. The molecule has 0 saturated heterocycles. The summed E-state index contributed by atoms with van der Waals surface area (Å²) in [6.07, 6.45) is 6.86. The van der Waals surface area contributed by atoms with Crippen molar-refractivity contribution < 1.29 is 0 Å². The molecule has 0 aromatic heterocycles. The van der Waals surface area contributed by atoms with Gasteiger partial charge in [-0.2, -0.15) is 0 Å². The third-order valence-corrected chi connectivity index (χ3v) is 3.28. The number of benzene rings is 1. The Morgan fingerprint density at radius 2 is 2.13 bits per heavy atom. The van der Waals surface area contributed by atoms with Crippen LogP contribution in [0.4, 0.5) is 0 Å². The number of fused-ring (bicyclic) bond motifs is 2. The highest BCUT2D eigenvalue weighted by molar-refractivity contribution is 5.80. The lowest BCUT2D eigenvalue weighted by Gasteiger charge is -2.30. The molecule has 1 heterocycles. The SMILES string of the molecule is CC1NC2=C(C=CCC2)c2ccccc21. The van der Waals surface area contributed by atoms with Crippen molar-refractivity contribution in [3.8, 4) is 0 Å². The molecule has 1 nitrogen and oxygen atoms in total. The minimum atomic E-state index is 0.450. The van der Waals surface area contributed by atoms with E-state index < -0.39 is 0 Å². The summed E-state index contributed by atoms with van der Waals surface area (Å²) in [5.41, 5.74) is 5.65. The summed E-state index contributed by atoms with van der Waals surface area (Å²) in [4.78, 5) is 0. The molecule has 1 aromatic carbocycles. The molecule has 1 aromatic rings.